The molecule has 0 aliphatic carbocycles. The summed E-state index contributed by atoms with van der Waals surface area (Å²) in [7, 11) is 1.37. The van der Waals surface area contributed by atoms with E-state index < -0.39 is 18.3 Å². The van der Waals surface area contributed by atoms with Crippen LogP contribution in [-0.4, -0.2) is 36.9 Å². The van der Waals surface area contributed by atoms with Crippen LogP contribution in [0.5, 0.6) is 0 Å². The zero-order chi connectivity index (χ0) is 17.3. The van der Waals surface area contributed by atoms with Crippen molar-refractivity contribution in [2.75, 3.05) is 13.6 Å². The number of nitrogens with one attached hydrogen (secondary N) is 1. The Kier molecular flexibility index (Phi) is 5.17. The van der Waals surface area contributed by atoms with Gasteiger partial charge in [-0.25, -0.2) is 4.98 Å². The lowest BCUT2D eigenvalue weighted by molar-refractivity contribution is 0.00578. The van der Waals surface area contributed by atoms with Crippen molar-refractivity contribution in [1.29, 1.82) is 5.26 Å². The van der Waals surface area contributed by atoms with Crippen LogP contribution in [0, 0.1) is 11.3 Å². The number of rotatable bonds is 4. The Labute approximate surface area is 142 Å². The summed E-state index contributed by atoms with van der Waals surface area (Å²) in [6.07, 6.45) is 3.32. The first-order chi connectivity index (χ1) is 10.7. The van der Waals surface area contributed by atoms with Crippen LogP contribution in [0.3, 0.4) is 0 Å². The van der Waals surface area contributed by atoms with Crippen LogP contribution >= 0.6 is 11.6 Å². The lowest BCUT2D eigenvalue weighted by atomic mass is 9.77. The van der Waals surface area contributed by atoms with E-state index in [1.807, 2.05) is 40.8 Å². The molecule has 1 fully saturated rings. The van der Waals surface area contributed by atoms with Crippen molar-refractivity contribution in [3.8, 4) is 6.07 Å². The fourth-order valence-electron chi connectivity index (χ4n) is 2.23. The summed E-state index contributed by atoms with van der Waals surface area (Å²) in [5, 5.41) is 12.5. The summed E-state index contributed by atoms with van der Waals surface area (Å²) >= 11 is 6.15. The standard InChI is InChI=1S/C16H21BClN3O2/c1-15(2)16(3,4)23-17(22-15)13(10-20-5)7-12-6-11(8-19)9-21-14(12)18/h6-7,9,20H,10H2,1-5H3. The second kappa shape index (κ2) is 6.62. The second-order valence-electron chi connectivity index (χ2n) is 6.55. The summed E-state index contributed by atoms with van der Waals surface area (Å²) in [6, 6.07) is 3.77. The molecule has 1 aliphatic rings. The van der Waals surface area contributed by atoms with Crippen molar-refractivity contribution >= 4 is 24.8 Å². The summed E-state index contributed by atoms with van der Waals surface area (Å²) in [6.45, 7) is 8.61. The predicted molar refractivity (Wildman–Crippen MR) is 91.9 cm³/mol. The molecule has 0 unspecified atom stereocenters. The lowest BCUT2D eigenvalue weighted by Crippen LogP contribution is -2.41. The summed E-state index contributed by atoms with van der Waals surface area (Å²) in [5.74, 6) is 0. The van der Waals surface area contributed by atoms with Crippen LogP contribution in [0.1, 0.15) is 38.8 Å². The molecule has 1 aromatic heterocycles. The average molecular weight is 334 g/mol. The van der Waals surface area contributed by atoms with Gasteiger partial charge in [0.05, 0.1) is 16.8 Å². The molecule has 1 saturated heterocycles. The van der Waals surface area contributed by atoms with Gasteiger partial charge in [-0.05, 0) is 46.3 Å². The van der Waals surface area contributed by atoms with Gasteiger partial charge in [-0.3, -0.25) is 0 Å². The highest BCUT2D eigenvalue weighted by Gasteiger charge is 2.52. The van der Waals surface area contributed by atoms with E-state index in [4.69, 9.17) is 26.2 Å². The Hall–Kier alpha value is -1.39. The van der Waals surface area contributed by atoms with E-state index in [-0.39, 0.29) is 0 Å². The lowest BCUT2D eigenvalue weighted by Gasteiger charge is -2.32. The molecular formula is C16H21BClN3O2. The topological polar surface area (TPSA) is 67.2 Å². The molecular weight excluding hydrogens is 312 g/mol. The van der Waals surface area contributed by atoms with Crippen LogP contribution in [-0.2, 0) is 9.31 Å². The second-order valence-corrected chi connectivity index (χ2v) is 6.91. The number of halogens is 1. The maximum absolute atomic E-state index is 9.02. The molecule has 0 radical (unpaired) electrons. The molecule has 0 spiro atoms. The molecule has 1 N–H and O–H groups in total. The smallest absolute Gasteiger partial charge is 0.400 e. The molecule has 0 aromatic carbocycles. The quantitative estimate of drug-likeness (QED) is 0.678. The Morgan fingerprint density at radius 3 is 2.52 bits per heavy atom. The van der Waals surface area contributed by atoms with E-state index in [0.29, 0.717) is 22.8 Å². The van der Waals surface area contributed by atoms with Gasteiger partial charge in [-0.2, -0.15) is 5.26 Å². The third-order valence-corrected chi connectivity index (χ3v) is 4.59. The van der Waals surface area contributed by atoms with Gasteiger partial charge in [0.15, 0.2) is 0 Å². The first-order valence-electron chi connectivity index (χ1n) is 7.46. The van der Waals surface area contributed by atoms with E-state index in [2.05, 4.69) is 16.4 Å². The first-order valence-corrected chi connectivity index (χ1v) is 7.84. The van der Waals surface area contributed by atoms with E-state index >= 15 is 0 Å². The highest BCUT2D eigenvalue weighted by atomic mass is 35.5. The largest absolute Gasteiger partial charge is 0.491 e. The number of hydrogen-bond donors (Lipinski definition) is 1. The molecule has 0 amide bonds. The highest BCUT2D eigenvalue weighted by molar-refractivity contribution is 6.56. The van der Waals surface area contributed by atoms with Crippen LogP contribution in [0.4, 0.5) is 0 Å². The minimum atomic E-state index is -0.478. The van der Waals surface area contributed by atoms with Crippen molar-refractivity contribution in [1.82, 2.24) is 10.3 Å². The monoisotopic (exact) mass is 333 g/mol. The molecule has 1 aromatic rings. The van der Waals surface area contributed by atoms with Crippen molar-refractivity contribution in [3.63, 3.8) is 0 Å². The zero-order valence-electron chi connectivity index (χ0n) is 14.1. The number of nitrogens with zero attached hydrogens (tertiary/aromatic N) is 2. The molecule has 0 bridgehead atoms. The third kappa shape index (κ3) is 3.76. The van der Waals surface area contributed by atoms with Crippen LogP contribution in [0.15, 0.2) is 17.7 Å². The minimum Gasteiger partial charge on any atom is -0.400 e. The van der Waals surface area contributed by atoms with E-state index in [1.165, 1.54) is 6.20 Å². The molecule has 0 saturated carbocycles. The molecule has 2 rings (SSSR count). The van der Waals surface area contributed by atoms with E-state index in [0.717, 1.165) is 5.47 Å². The van der Waals surface area contributed by atoms with Gasteiger partial charge in [-0.1, -0.05) is 17.7 Å². The van der Waals surface area contributed by atoms with Gasteiger partial charge < -0.3 is 14.6 Å². The molecule has 7 heteroatoms. The number of nitriles is 1. The third-order valence-electron chi connectivity index (χ3n) is 4.27. The normalized spacial score (nSPS) is 19.7. The van der Waals surface area contributed by atoms with Crippen molar-refractivity contribution in [2.45, 2.75) is 38.9 Å². The number of pyridine rings is 1. The SMILES string of the molecule is CNCC(=Cc1cc(C#N)cnc1Cl)B1OC(C)(C)C(C)(C)O1. The average Bonchev–Trinajstić information content (AvgIpc) is 2.69. The predicted octanol–water partition coefficient (Wildman–Crippen LogP) is 2.84. The first kappa shape index (κ1) is 18.0. The summed E-state index contributed by atoms with van der Waals surface area (Å²) < 4.78 is 12.2. The van der Waals surface area contributed by atoms with Crippen LogP contribution in [0.25, 0.3) is 6.08 Å². The fourth-order valence-corrected chi connectivity index (χ4v) is 2.39. The van der Waals surface area contributed by atoms with Gasteiger partial charge >= 0.3 is 7.12 Å². The van der Waals surface area contributed by atoms with Crippen LogP contribution < -0.4 is 5.32 Å². The van der Waals surface area contributed by atoms with E-state index in [1.54, 1.807) is 6.07 Å². The van der Waals surface area contributed by atoms with Crippen LogP contribution in [0.2, 0.25) is 5.15 Å². The minimum absolute atomic E-state index is 0.342. The van der Waals surface area contributed by atoms with Crippen molar-refractivity contribution in [2.24, 2.45) is 0 Å². The Morgan fingerprint density at radius 1 is 1.39 bits per heavy atom. The maximum atomic E-state index is 9.02. The van der Waals surface area contributed by atoms with Gasteiger partial charge in [0.25, 0.3) is 0 Å². The number of likely N-dealkylation sites (N-methyl/N-ethyl adjacent to an activating group) is 1. The molecule has 122 valence electrons. The van der Waals surface area contributed by atoms with Gasteiger partial charge in [0.1, 0.15) is 11.2 Å². The van der Waals surface area contributed by atoms with E-state index in [9.17, 15) is 0 Å². The summed E-state index contributed by atoms with van der Waals surface area (Å²) in [4.78, 5) is 4.04. The molecule has 2 heterocycles. The molecule has 23 heavy (non-hydrogen) atoms. The highest BCUT2D eigenvalue weighted by Crippen LogP contribution is 2.38. The van der Waals surface area contributed by atoms with Gasteiger partial charge in [0.2, 0.25) is 0 Å². The van der Waals surface area contributed by atoms with Crippen molar-refractivity contribution < 1.29 is 9.31 Å². The Morgan fingerprint density at radius 2 is 2.00 bits per heavy atom. The maximum Gasteiger partial charge on any atom is 0.491 e. The zero-order valence-corrected chi connectivity index (χ0v) is 14.9. The Bertz CT molecular complexity index is 652. The fraction of sp³-hybridized carbons (Fsp3) is 0.500. The molecule has 0 atom stereocenters. The molecule has 1 aliphatic heterocycles. The number of hydrogen-bond acceptors (Lipinski definition) is 5. The Balaban J connectivity index is 2.38. The van der Waals surface area contributed by atoms with Gasteiger partial charge in [0, 0.05) is 18.3 Å². The van der Waals surface area contributed by atoms with Gasteiger partial charge in [-0.15, -0.1) is 0 Å². The summed E-state index contributed by atoms with van der Waals surface area (Å²) in [5.41, 5.74) is 1.19. The van der Waals surface area contributed by atoms with Crippen molar-refractivity contribution in [3.05, 3.63) is 34.0 Å². The molecule has 5 nitrogen and oxygen atoms in total. The number of aromatic nitrogens is 1.